The van der Waals surface area contributed by atoms with Crippen molar-refractivity contribution in [2.75, 3.05) is 13.1 Å². The third-order valence-electron chi connectivity index (χ3n) is 7.28. The molecule has 1 aromatic heterocycles. The lowest BCUT2D eigenvalue weighted by Gasteiger charge is -2.40. The van der Waals surface area contributed by atoms with Gasteiger partial charge in [0.2, 0.25) is 0 Å². The van der Waals surface area contributed by atoms with Crippen LogP contribution < -0.4 is 0 Å². The summed E-state index contributed by atoms with van der Waals surface area (Å²) in [5.41, 5.74) is 10.2. The van der Waals surface area contributed by atoms with Crippen LogP contribution >= 0.6 is 0 Å². The first kappa shape index (κ1) is 17.3. The molecule has 6 rings (SSSR count). The number of hydrogen-bond donors (Lipinski definition) is 0. The Morgan fingerprint density at radius 3 is 2.86 bits per heavy atom. The van der Waals surface area contributed by atoms with Crippen molar-refractivity contribution >= 4 is 0 Å². The molecule has 1 spiro atoms. The highest BCUT2D eigenvalue weighted by Gasteiger charge is 2.43. The van der Waals surface area contributed by atoms with Crippen molar-refractivity contribution in [2.45, 2.75) is 51.0 Å². The third-order valence-corrected chi connectivity index (χ3v) is 7.28. The number of benzene rings is 2. The van der Waals surface area contributed by atoms with Gasteiger partial charge in [-0.05, 0) is 79.0 Å². The van der Waals surface area contributed by atoms with Crippen molar-refractivity contribution in [3.05, 3.63) is 82.4 Å². The van der Waals surface area contributed by atoms with E-state index < -0.39 is 0 Å². The Kier molecular flexibility index (Phi) is 3.89. The molecule has 0 bridgehead atoms. The quantitative estimate of drug-likeness (QED) is 0.498. The van der Waals surface area contributed by atoms with Crippen LogP contribution in [0.25, 0.3) is 11.1 Å². The van der Waals surface area contributed by atoms with Crippen molar-refractivity contribution in [3.63, 3.8) is 0 Å². The van der Waals surface area contributed by atoms with E-state index >= 15 is 0 Å². The zero-order chi connectivity index (χ0) is 19.4. The maximum absolute atomic E-state index is 4.90. The molecule has 0 saturated carbocycles. The standard InChI is InChI=1S/C26H27N3/c1-18-27-15-21-9-11-26(25(21)28-18)10-4-12-29(17-26)16-19-7-8-24-22(13-19)14-20-5-2-3-6-23(20)24/h2-3,5-8,13,15H,4,9-12,14,16-17H2,1H3. The largest absolute Gasteiger partial charge is 0.298 e. The van der Waals surface area contributed by atoms with Crippen molar-refractivity contribution < 1.29 is 0 Å². The van der Waals surface area contributed by atoms with Crippen LogP contribution in [0.15, 0.2) is 48.7 Å². The average molecular weight is 382 g/mol. The van der Waals surface area contributed by atoms with Crippen molar-refractivity contribution in [1.29, 1.82) is 0 Å². The average Bonchev–Trinajstić information content (AvgIpc) is 3.26. The summed E-state index contributed by atoms with van der Waals surface area (Å²) < 4.78 is 0. The normalized spacial score (nSPS) is 22.5. The first-order valence-corrected chi connectivity index (χ1v) is 11.0. The van der Waals surface area contributed by atoms with E-state index in [9.17, 15) is 0 Å². The molecule has 2 aliphatic carbocycles. The van der Waals surface area contributed by atoms with Crippen LogP contribution in [-0.2, 0) is 24.8 Å². The molecular weight excluding hydrogens is 354 g/mol. The monoisotopic (exact) mass is 381 g/mol. The summed E-state index contributed by atoms with van der Waals surface area (Å²) in [6.45, 7) is 5.40. The molecule has 29 heavy (non-hydrogen) atoms. The van der Waals surface area contributed by atoms with Gasteiger partial charge in [0.15, 0.2) is 0 Å². The number of fused-ring (bicyclic) bond motifs is 5. The fourth-order valence-electron chi connectivity index (χ4n) is 5.94. The number of aromatic nitrogens is 2. The number of aryl methyl sites for hydroxylation is 2. The fraction of sp³-hybridized carbons (Fsp3) is 0.385. The highest BCUT2D eigenvalue weighted by molar-refractivity contribution is 5.76. The molecule has 1 atom stereocenters. The van der Waals surface area contributed by atoms with Crippen LogP contribution in [0.1, 0.15) is 53.0 Å². The second kappa shape index (κ2) is 6.50. The molecule has 3 heteroatoms. The van der Waals surface area contributed by atoms with Crippen molar-refractivity contribution in [2.24, 2.45) is 0 Å². The zero-order valence-electron chi connectivity index (χ0n) is 17.1. The third kappa shape index (κ3) is 2.83. The van der Waals surface area contributed by atoms with Gasteiger partial charge in [-0.2, -0.15) is 0 Å². The van der Waals surface area contributed by atoms with Gasteiger partial charge in [-0.25, -0.2) is 9.97 Å². The lowest BCUT2D eigenvalue weighted by Crippen LogP contribution is -2.45. The van der Waals surface area contributed by atoms with E-state index in [0.717, 1.165) is 31.8 Å². The summed E-state index contributed by atoms with van der Waals surface area (Å²) >= 11 is 0. The number of hydrogen-bond acceptors (Lipinski definition) is 3. The van der Waals surface area contributed by atoms with Gasteiger partial charge in [0, 0.05) is 24.7 Å². The van der Waals surface area contributed by atoms with Gasteiger partial charge in [-0.3, -0.25) is 4.90 Å². The van der Waals surface area contributed by atoms with Crippen LogP contribution in [0, 0.1) is 6.92 Å². The van der Waals surface area contributed by atoms with Gasteiger partial charge >= 0.3 is 0 Å². The SMILES string of the molecule is Cc1ncc2c(n1)C1(CCCN(Cc3ccc4c(c3)Cc3ccccc3-4)C1)CC2. The van der Waals surface area contributed by atoms with Gasteiger partial charge in [-0.15, -0.1) is 0 Å². The van der Waals surface area contributed by atoms with E-state index in [1.807, 2.05) is 6.92 Å². The minimum absolute atomic E-state index is 0.244. The van der Waals surface area contributed by atoms with Crippen LogP contribution in [0.4, 0.5) is 0 Å². The topological polar surface area (TPSA) is 29.0 Å². The van der Waals surface area contributed by atoms with Crippen molar-refractivity contribution in [1.82, 2.24) is 14.9 Å². The smallest absolute Gasteiger partial charge is 0.125 e. The second-order valence-corrected chi connectivity index (χ2v) is 9.21. The molecule has 3 aliphatic rings. The Balaban J connectivity index is 1.25. The van der Waals surface area contributed by atoms with Crippen LogP contribution in [0.2, 0.25) is 0 Å². The Hall–Kier alpha value is -2.52. The molecule has 3 nitrogen and oxygen atoms in total. The van der Waals surface area contributed by atoms with E-state index in [1.165, 1.54) is 64.9 Å². The number of nitrogens with zero attached hydrogens (tertiary/aromatic N) is 3. The lowest BCUT2D eigenvalue weighted by atomic mass is 9.77. The summed E-state index contributed by atoms with van der Waals surface area (Å²) in [7, 11) is 0. The van der Waals surface area contributed by atoms with Crippen LogP contribution in [0.3, 0.4) is 0 Å². The summed E-state index contributed by atoms with van der Waals surface area (Å²) in [6, 6.07) is 16.0. The van der Waals surface area contributed by atoms with E-state index in [4.69, 9.17) is 4.98 Å². The Morgan fingerprint density at radius 2 is 1.90 bits per heavy atom. The first-order chi connectivity index (χ1) is 14.2. The molecule has 1 aliphatic heterocycles. The van der Waals surface area contributed by atoms with Gasteiger partial charge in [-0.1, -0.05) is 42.5 Å². The van der Waals surface area contributed by atoms with E-state index in [2.05, 4.69) is 58.5 Å². The van der Waals surface area contributed by atoms with Crippen molar-refractivity contribution in [3.8, 4) is 11.1 Å². The van der Waals surface area contributed by atoms with Gasteiger partial charge in [0.1, 0.15) is 5.82 Å². The first-order valence-electron chi connectivity index (χ1n) is 11.0. The van der Waals surface area contributed by atoms with Gasteiger partial charge < -0.3 is 0 Å². The fourth-order valence-corrected chi connectivity index (χ4v) is 5.94. The number of likely N-dealkylation sites (tertiary alicyclic amines) is 1. The molecule has 0 radical (unpaired) electrons. The molecule has 3 aromatic rings. The minimum Gasteiger partial charge on any atom is -0.298 e. The Bertz CT molecular complexity index is 1100. The van der Waals surface area contributed by atoms with Gasteiger partial charge in [0.25, 0.3) is 0 Å². The molecule has 2 heterocycles. The second-order valence-electron chi connectivity index (χ2n) is 9.21. The summed E-state index contributed by atoms with van der Waals surface area (Å²) in [6.07, 6.45) is 8.05. The minimum atomic E-state index is 0.244. The van der Waals surface area contributed by atoms with E-state index in [1.54, 1.807) is 0 Å². The Morgan fingerprint density at radius 1 is 1.00 bits per heavy atom. The number of piperidine rings is 1. The molecule has 146 valence electrons. The van der Waals surface area contributed by atoms with Crippen LogP contribution in [-0.4, -0.2) is 28.0 Å². The summed E-state index contributed by atoms with van der Waals surface area (Å²) in [5, 5.41) is 0. The molecule has 1 unspecified atom stereocenters. The molecule has 2 aromatic carbocycles. The van der Waals surface area contributed by atoms with E-state index in [-0.39, 0.29) is 5.41 Å². The molecule has 1 saturated heterocycles. The highest BCUT2D eigenvalue weighted by Crippen LogP contribution is 2.44. The highest BCUT2D eigenvalue weighted by atomic mass is 15.1. The zero-order valence-corrected chi connectivity index (χ0v) is 17.1. The molecular formula is C26H27N3. The lowest BCUT2D eigenvalue weighted by molar-refractivity contribution is 0.136. The van der Waals surface area contributed by atoms with E-state index in [0.29, 0.717) is 0 Å². The molecule has 0 amide bonds. The maximum atomic E-state index is 4.90. The maximum Gasteiger partial charge on any atom is 0.125 e. The summed E-state index contributed by atoms with van der Waals surface area (Å²) in [4.78, 5) is 12.0. The van der Waals surface area contributed by atoms with Gasteiger partial charge in [0.05, 0.1) is 5.69 Å². The van der Waals surface area contributed by atoms with Crippen LogP contribution in [0.5, 0.6) is 0 Å². The summed E-state index contributed by atoms with van der Waals surface area (Å²) in [5.74, 6) is 0.917. The molecule has 1 fully saturated rings. The Labute approximate surface area is 172 Å². The predicted molar refractivity (Wildman–Crippen MR) is 116 cm³/mol. The number of rotatable bonds is 2. The predicted octanol–water partition coefficient (Wildman–Crippen LogP) is 4.84. The molecule has 0 N–H and O–H groups in total.